The Morgan fingerprint density at radius 3 is 2.75 bits per heavy atom. The van der Waals surface area contributed by atoms with Crippen molar-refractivity contribution in [3.05, 3.63) is 34.2 Å². The van der Waals surface area contributed by atoms with Gasteiger partial charge in [0.05, 0.1) is 23.8 Å². The molecule has 1 atom stereocenters. The molecule has 16 heavy (non-hydrogen) atoms. The summed E-state index contributed by atoms with van der Waals surface area (Å²) >= 11 is 0. The number of hydrogen-bond acceptors (Lipinski definition) is 6. The summed E-state index contributed by atoms with van der Waals surface area (Å²) in [7, 11) is 0. The minimum absolute atomic E-state index is 0.559. The van der Waals surface area contributed by atoms with E-state index in [-0.39, 0.29) is 0 Å². The second-order valence-corrected chi connectivity index (χ2v) is 3.73. The summed E-state index contributed by atoms with van der Waals surface area (Å²) in [4.78, 5) is 12.2. The predicted molar refractivity (Wildman–Crippen MR) is 56.7 cm³/mol. The number of hydrogen-bond donors (Lipinski definition) is 2. The molecule has 1 saturated heterocycles. The third kappa shape index (κ3) is 2.00. The van der Waals surface area contributed by atoms with Gasteiger partial charge in [0.25, 0.3) is 0 Å². The first kappa shape index (κ1) is 10.9. The zero-order chi connectivity index (χ0) is 11.6. The number of nitro groups is 1. The van der Waals surface area contributed by atoms with E-state index in [1.54, 1.807) is 12.3 Å². The molecule has 0 aromatic rings. The Balaban J connectivity index is 2.03. The maximum Gasteiger partial charge on any atom is 0.370 e. The molecule has 88 valence electrons. The van der Waals surface area contributed by atoms with Crippen molar-refractivity contribution in [2.24, 2.45) is 5.73 Å². The summed E-state index contributed by atoms with van der Waals surface area (Å²) in [6.45, 7) is 2.92. The van der Waals surface area contributed by atoms with E-state index in [1.165, 1.54) is 6.08 Å². The molecule has 1 unspecified atom stereocenters. The lowest BCUT2D eigenvalue weighted by Crippen LogP contribution is -2.57. The number of dihydropyridines is 1. The van der Waals surface area contributed by atoms with E-state index in [9.17, 15) is 10.1 Å². The highest BCUT2D eigenvalue weighted by atomic mass is 16.6. The highest BCUT2D eigenvalue weighted by molar-refractivity contribution is 5.24. The van der Waals surface area contributed by atoms with Crippen molar-refractivity contribution in [2.45, 2.75) is 5.79 Å². The van der Waals surface area contributed by atoms with Crippen molar-refractivity contribution < 1.29 is 9.66 Å². The van der Waals surface area contributed by atoms with E-state index in [0.29, 0.717) is 13.2 Å². The molecule has 0 aromatic carbocycles. The van der Waals surface area contributed by atoms with Gasteiger partial charge in [0.1, 0.15) is 0 Å². The van der Waals surface area contributed by atoms with Crippen LogP contribution in [0.25, 0.3) is 0 Å². The van der Waals surface area contributed by atoms with Crippen molar-refractivity contribution in [2.75, 3.05) is 26.3 Å². The number of ether oxygens (including phenoxy) is 1. The first-order valence-corrected chi connectivity index (χ1v) is 5.05. The minimum atomic E-state index is -1.68. The van der Waals surface area contributed by atoms with Gasteiger partial charge in [-0.15, -0.1) is 0 Å². The zero-order valence-electron chi connectivity index (χ0n) is 8.76. The van der Waals surface area contributed by atoms with Crippen LogP contribution in [0, 0.1) is 10.1 Å². The Kier molecular flexibility index (Phi) is 2.80. The Labute approximate surface area is 92.7 Å². The monoisotopic (exact) mass is 226 g/mol. The number of rotatable bonds is 2. The van der Waals surface area contributed by atoms with Crippen molar-refractivity contribution in [1.29, 1.82) is 0 Å². The molecule has 2 rings (SSSR count). The van der Waals surface area contributed by atoms with E-state index < -0.39 is 10.7 Å². The van der Waals surface area contributed by atoms with Gasteiger partial charge in [-0.3, -0.25) is 10.1 Å². The van der Waals surface area contributed by atoms with Crippen LogP contribution in [0.2, 0.25) is 0 Å². The molecular formula is C9H14N4O3. The number of nitrogens with two attached hydrogens (primary N) is 1. The fourth-order valence-electron chi connectivity index (χ4n) is 1.63. The van der Waals surface area contributed by atoms with Crippen LogP contribution in [0.15, 0.2) is 24.0 Å². The van der Waals surface area contributed by atoms with Crippen LogP contribution in [-0.2, 0) is 4.74 Å². The fourth-order valence-corrected chi connectivity index (χ4v) is 1.63. The lowest BCUT2D eigenvalue weighted by atomic mass is 10.2. The van der Waals surface area contributed by atoms with E-state index in [0.717, 1.165) is 18.8 Å². The highest BCUT2D eigenvalue weighted by Crippen LogP contribution is 2.15. The first-order valence-electron chi connectivity index (χ1n) is 5.05. The van der Waals surface area contributed by atoms with Crippen molar-refractivity contribution in [3.63, 3.8) is 0 Å². The van der Waals surface area contributed by atoms with Crippen molar-refractivity contribution in [1.82, 2.24) is 10.2 Å². The molecule has 0 bridgehead atoms. The minimum Gasteiger partial charge on any atom is -0.378 e. The van der Waals surface area contributed by atoms with Crippen LogP contribution >= 0.6 is 0 Å². The van der Waals surface area contributed by atoms with E-state index in [1.807, 2.05) is 0 Å². The SMILES string of the molecule is NC1([N+](=O)[O-])C=CC(N2CCOCC2)=CN1. The van der Waals surface area contributed by atoms with Gasteiger partial charge >= 0.3 is 5.79 Å². The predicted octanol–water partition coefficient (Wildman–Crippen LogP) is -0.791. The number of nitrogens with one attached hydrogen (secondary N) is 1. The maximum absolute atomic E-state index is 10.7. The molecule has 7 heteroatoms. The average molecular weight is 226 g/mol. The number of morpholine rings is 1. The third-order valence-electron chi connectivity index (χ3n) is 2.64. The average Bonchev–Trinajstić information content (AvgIpc) is 2.31. The van der Waals surface area contributed by atoms with Gasteiger partial charge in [-0.1, -0.05) is 0 Å². The van der Waals surface area contributed by atoms with E-state index in [4.69, 9.17) is 10.5 Å². The second-order valence-electron chi connectivity index (χ2n) is 3.73. The van der Waals surface area contributed by atoms with Gasteiger partial charge in [0.2, 0.25) is 0 Å². The molecule has 1 fully saturated rings. The van der Waals surface area contributed by atoms with Crippen molar-refractivity contribution in [3.8, 4) is 0 Å². The molecule has 0 aliphatic carbocycles. The number of nitrogens with zero attached hydrogens (tertiary/aromatic N) is 2. The van der Waals surface area contributed by atoms with Crippen LogP contribution in [0.1, 0.15) is 0 Å². The summed E-state index contributed by atoms with van der Waals surface area (Å²) in [6, 6.07) is 0. The van der Waals surface area contributed by atoms with E-state index in [2.05, 4.69) is 10.2 Å². The molecule has 7 nitrogen and oxygen atoms in total. The largest absolute Gasteiger partial charge is 0.378 e. The summed E-state index contributed by atoms with van der Waals surface area (Å²) in [5.41, 5.74) is 6.40. The van der Waals surface area contributed by atoms with Gasteiger partial charge < -0.3 is 15.0 Å². The van der Waals surface area contributed by atoms with Crippen LogP contribution < -0.4 is 11.1 Å². The normalized spacial score (nSPS) is 29.6. The standard InChI is InChI=1S/C9H14N4O3/c10-9(13(14)15)2-1-8(7-11-9)12-3-5-16-6-4-12/h1-2,7,11H,3-6,10H2. The van der Waals surface area contributed by atoms with Gasteiger partial charge in [-0.25, -0.2) is 5.73 Å². The fraction of sp³-hybridized carbons (Fsp3) is 0.556. The maximum atomic E-state index is 10.7. The molecule has 0 spiro atoms. The topological polar surface area (TPSA) is 93.7 Å². The smallest absolute Gasteiger partial charge is 0.370 e. The lowest BCUT2D eigenvalue weighted by molar-refractivity contribution is -0.560. The molecule has 0 amide bonds. The summed E-state index contributed by atoms with van der Waals surface area (Å²) in [6.07, 6.45) is 4.61. The first-order chi connectivity index (χ1) is 7.62. The van der Waals surface area contributed by atoms with Gasteiger partial charge in [0, 0.05) is 25.4 Å². The highest BCUT2D eigenvalue weighted by Gasteiger charge is 2.36. The third-order valence-corrected chi connectivity index (χ3v) is 2.64. The molecule has 3 N–H and O–H groups in total. The molecular weight excluding hydrogens is 212 g/mol. The summed E-state index contributed by atoms with van der Waals surface area (Å²) < 4.78 is 5.22. The van der Waals surface area contributed by atoms with Crippen molar-refractivity contribution >= 4 is 0 Å². The lowest BCUT2D eigenvalue weighted by Gasteiger charge is -2.32. The Bertz CT molecular complexity index is 349. The van der Waals surface area contributed by atoms with Crippen LogP contribution in [0.4, 0.5) is 0 Å². The molecule has 2 heterocycles. The Morgan fingerprint density at radius 2 is 2.25 bits per heavy atom. The van der Waals surface area contributed by atoms with Crippen LogP contribution in [0.5, 0.6) is 0 Å². The van der Waals surface area contributed by atoms with Gasteiger partial charge in [-0.05, 0) is 6.08 Å². The molecule has 2 aliphatic rings. The molecule has 2 aliphatic heterocycles. The van der Waals surface area contributed by atoms with Gasteiger partial charge in [0.15, 0.2) is 0 Å². The van der Waals surface area contributed by atoms with Crippen LogP contribution in [-0.4, -0.2) is 41.9 Å². The molecule has 0 aromatic heterocycles. The second kappa shape index (κ2) is 4.11. The summed E-state index contributed by atoms with van der Waals surface area (Å²) in [5.74, 6) is -1.68. The zero-order valence-corrected chi connectivity index (χ0v) is 8.76. The quantitative estimate of drug-likeness (QED) is 0.364. The molecule has 0 radical (unpaired) electrons. The summed E-state index contributed by atoms with van der Waals surface area (Å²) in [5, 5.41) is 13.3. The van der Waals surface area contributed by atoms with Crippen LogP contribution in [0.3, 0.4) is 0 Å². The Morgan fingerprint density at radius 1 is 1.56 bits per heavy atom. The van der Waals surface area contributed by atoms with E-state index >= 15 is 0 Å². The Hall–Kier alpha value is -1.60. The number of allylic oxidation sites excluding steroid dienone is 1. The molecule has 0 saturated carbocycles. The van der Waals surface area contributed by atoms with Gasteiger partial charge in [-0.2, -0.15) is 0 Å².